The minimum absolute atomic E-state index is 0.0909. The number of nitrogens with zero attached hydrogens (tertiary/aromatic N) is 2. The van der Waals surface area contributed by atoms with Crippen LogP contribution in [0.15, 0.2) is 54.6 Å². The quantitative estimate of drug-likeness (QED) is 0.710. The molecule has 0 atom stereocenters. The van der Waals surface area contributed by atoms with Gasteiger partial charge in [0.1, 0.15) is 5.75 Å². The molecule has 0 heterocycles. The Morgan fingerprint density at radius 2 is 1.65 bits per heavy atom. The van der Waals surface area contributed by atoms with E-state index < -0.39 is 10.0 Å². The van der Waals surface area contributed by atoms with Crippen LogP contribution in [-0.4, -0.2) is 45.6 Å². The first kappa shape index (κ1) is 19.9. The second kappa shape index (κ2) is 8.82. The average Bonchev–Trinajstić information content (AvgIpc) is 2.64. The fourth-order valence-corrected chi connectivity index (χ4v) is 3.37. The zero-order valence-corrected chi connectivity index (χ0v) is 16.1. The van der Waals surface area contributed by atoms with Crippen LogP contribution in [0.5, 0.6) is 5.75 Å². The molecule has 6 nitrogen and oxygen atoms in total. The molecule has 26 heavy (non-hydrogen) atoms. The zero-order chi connectivity index (χ0) is 19.2. The highest BCUT2D eigenvalue weighted by Crippen LogP contribution is 2.21. The van der Waals surface area contributed by atoms with Crippen molar-refractivity contribution < 1.29 is 17.9 Å². The van der Waals surface area contributed by atoms with Crippen LogP contribution >= 0.6 is 0 Å². The molecule has 2 aromatic rings. The van der Waals surface area contributed by atoms with Gasteiger partial charge in [0.15, 0.2) is 0 Å². The predicted molar refractivity (Wildman–Crippen MR) is 103 cm³/mol. The third-order valence-corrected chi connectivity index (χ3v) is 5.35. The Morgan fingerprint density at radius 1 is 1.04 bits per heavy atom. The number of ether oxygens (including phenoxy) is 1. The Bertz CT molecular complexity index is 838. The van der Waals surface area contributed by atoms with Crippen LogP contribution in [0.1, 0.15) is 12.0 Å². The van der Waals surface area contributed by atoms with Crippen LogP contribution in [-0.2, 0) is 21.4 Å². The highest BCUT2D eigenvalue weighted by molar-refractivity contribution is 7.88. The van der Waals surface area contributed by atoms with Gasteiger partial charge in [-0.15, -0.1) is 0 Å². The van der Waals surface area contributed by atoms with Crippen molar-refractivity contribution in [2.75, 3.05) is 31.9 Å². The van der Waals surface area contributed by atoms with E-state index in [0.717, 1.165) is 17.5 Å². The van der Waals surface area contributed by atoms with Crippen molar-refractivity contribution in [1.82, 2.24) is 4.31 Å². The van der Waals surface area contributed by atoms with E-state index in [1.807, 2.05) is 48.5 Å². The molecular weight excluding hydrogens is 352 g/mol. The third kappa shape index (κ3) is 5.31. The summed E-state index contributed by atoms with van der Waals surface area (Å²) in [4.78, 5) is 14.0. The van der Waals surface area contributed by atoms with Gasteiger partial charge in [0, 0.05) is 37.8 Å². The predicted octanol–water partition coefficient (Wildman–Crippen LogP) is 2.51. The average molecular weight is 376 g/mol. The van der Waals surface area contributed by atoms with E-state index in [1.165, 1.54) is 9.21 Å². The van der Waals surface area contributed by atoms with Crippen molar-refractivity contribution in [2.45, 2.75) is 13.0 Å². The van der Waals surface area contributed by atoms with Gasteiger partial charge in [-0.05, 0) is 18.2 Å². The topological polar surface area (TPSA) is 66.9 Å². The first-order valence-corrected chi connectivity index (χ1v) is 10.1. The molecular formula is C19H24N2O4S. The highest BCUT2D eigenvalue weighted by Gasteiger charge is 2.21. The fourth-order valence-electron chi connectivity index (χ4n) is 2.57. The highest BCUT2D eigenvalue weighted by atomic mass is 32.2. The Hall–Kier alpha value is -2.38. The monoisotopic (exact) mass is 376 g/mol. The van der Waals surface area contributed by atoms with E-state index in [4.69, 9.17) is 4.74 Å². The summed E-state index contributed by atoms with van der Waals surface area (Å²) in [7, 11) is -0.240. The lowest BCUT2D eigenvalue weighted by molar-refractivity contribution is -0.118. The summed E-state index contributed by atoms with van der Waals surface area (Å²) in [6.45, 7) is 0.262. The Balaban J connectivity index is 2.08. The number of para-hydroxylation sites is 2. The van der Waals surface area contributed by atoms with E-state index in [1.54, 1.807) is 20.2 Å². The number of sulfonamides is 1. The van der Waals surface area contributed by atoms with Gasteiger partial charge in [-0.25, -0.2) is 8.42 Å². The normalized spacial score (nSPS) is 11.4. The molecule has 7 heteroatoms. The van der Waals surface area contributed by atoms with Crippen molar-refractivity contribution in [3.63, 3.8) is 0 Å². The zero-order valence-electron chi connectivity index (χ0n) is 15.3. The van der Waals surface area contributed by atoms with Gasteiger partial charge in [0.05, 0.1) is 13.4 Å². The van der Waals surface area contributed by atoms with E-state index >= 15 is 0 Å². The molecule has 0 aliphatic rings. The number of anilines is 1. The molecule has 0 unspecified atom stereocenters. The first-order valence-electron chi connectivity index (χ1n) is 8.21. The van der Waals surface area contributed by atoms with Crippen LogP contribution in [0, 0.1) is 0 Å². The van der Waals surface area contributed by atoms with Crippen molar-refractivity contribution in [3.05, 3.63) is 60.2 Å². The third-order valence-electron chi connectivity index (χ3n) is 4.10. The lowest BCUT2D eigenvalue weighted by atomic mass is 10.2. The molecule has 0 saturated heterocycles. The molecule has 1 amide bonds. The van der Waals surface area contributed by atoms with Crippen LogP contribution in [0.2, 0.25) is 0 Å². The molecule has 0 spiro atoms. The molecule has 0 radical (unpaired) electrons. The van der Waals surface area contributed by atoms with Crippen LogP contribution in [0.4, 0.5) is 5.69 Å². The molecule has 2 rings (SSSR count). The van der Waals surface area contributed by atoms with Crippen LogP contribution < -0.4 is 9.64 Å². The maximum atomic E-state index is 12.4. The summed E-state index contributed by atoms with van der Waals surface area (Å²) in [6, 6.07) is 16.5. The van der Waals surface area contributed by atoms with Crippen LogP contribution in [0.3, 0.4) is 0 Å². The first-order chi connectivity index (χ1) is 12.3. The smallest absolute Gasteiger partial charge is 0.228 e. The molecule has 2 aromatic carbocycles. The molecule has 0 saturated carbocycles. The van der Waals surface area contributed by atoms with Gasteiger partial charge in [0.25, 0.3) is 0 Å². The Kier molecular flexibility index (Phi) is 6.76. The van der Waals surface area contributed by atoms with Gasteiger partial charge < -0.3 is 9.64 Å². The number of benzene rings is 2. The molecule has 0 aromatic heterocycles. The SMILES string of the molecule is COc1ccccc1CN(CCC(=O)N(C)c1ccccc1)S(C)(=O)=O. The number of hydrogen-bond acceptors (Lipinski definition) is 4. The minimum Gasteiger partial charge on any atom is -0.496 e. The Morgan fingerprint density at radius 3 is 2.27 bits per heavy atom. The van der Waals surface area contributed by atoms with Gasteiger partial charge >= 0.3 is 0 Å². The summed E-state index contributed by atoms with van der Waals surface area (Å²) in [6.07, 6.45) is 1.24. The van der Waals surface area contributed by atoms with E-state index in [2.05, 4.69) is 0 Å². The van der Waals surface area contributed by atoms with Crippen molar-refractivity contribution in [1.29, 1.82) is 0 Å². The summed E-state index contributed by atoms with van der Waals surface area (Å²) >= 11 is 0. The number of carbonyl (C=O) groups is 1. The van der Waals surface area contributed by atoms with Gasteiger partial charge in [0.2, 0.25) is 15.9 Å². The second-order valence-corrected chi connectivity index (χ2v) is 7.93. The van der Waals surface area contributed by atoms with Crippen molar-refractivity contribution in [3.8, 4) is 5.75 Å². The summed E-state index contributed by atoms with van der Waals surface area (Å²) in [5.41, 5.74) is 1.53. The number of rotatable bonds is 8. The fraction of sp³-hybridized carbons (Fsp3) is 0.316. The lowest BCUT2D eigenvalue weighted by Gasteiger charge is -2.23. The molecule has 0 aliphatic heterocycles. The largest absolute Gasteiger partial charge is 0.496 e. The molecule has 0 bridgehead atoms. The van der Waals surface area contributed by atoms with E-state index in [-0.39, 0.29) is 25.4 Å². The molecule has 0 aliphatic carbocycles. The van der Waals surface area contributed by atoms with Gasteiger partial charge in [-0.3, -0.25) is 4.79 Å². The van der Waals surface area contributed by atoms with E-state index in [0.29, 0.717) is 5.75 Å². The summed E-state index contributed by atoms with van der Waals surface area (Å²) < 4.78 is 30.9. The Labute approximate surface area is 155 Å². The van der Waals surface area contributed by atoms with Crippen molar-refractivity contribution in [2.24, 2.45) is 0 Å². The lowest BCUT2D eigenvalue weighted by Crippen LogP contribution is -2.35. The number of amides is 1. The van der Waals surface area contributed by atoms with Gasteiger partial charge in [-0.1, -0.05) is 36.4 Å². The number of carbonyl (C=O) groups excluding carboxylic acids is 1. The summed E-state index contributed by atoms with van der Waals surface area (Å²) in [5, 5.41) is 0. The molecule has 0 fully saturated rings. The standard InChI is InChI=1S/C19H24N2O4S/c1-20(17-10-5-4-6-11-17)19(22)13-14-21(26(3,23)24)15-16-9-7-8-12-18(16)25-2/h4-12H,13-15H2,1-3H3. The van der Waals surface area contributed by atoms with E-state index in [9.17, 15) is 13.2 Å². The van der Waals surface area contributed by atoms with Crippen molar-refractivity contribution >= 4 is 21.6 Å². The second-order valence-electron chi connectivity index (χ2n) is 5.95. The maximum absolute atomic E-state index is 12.4. The van der Waals surface area contributed by atoms with Gasteiger partial charge in [-0.2, -0.15) is 4.31 Å². The number of methoxy groups -OCH3 is 1. The minimum atomic E-state index is -3.47. The molecule has 140 valence electrons. The maximum Gasteiger partial charge on any atom is 0.228 e. The number of hydrogen-bond donors (Lipinski definition) is 0. The van der Waals surface area contributed by atoms with Crippen LogP contribution in [0.25, 0.3) is 0 Å². The summed E-state index contributed by atoms with van der Waals surface area (Å²) in [5.74, 6) is 0.471. The molecule has 0 N–H and O–H groups in total.